The Bertz CT molecular complexity index is 969. The maximum atomic E-state index is 4.77. The van der Waals surface area contributed by atoms with Crippen LogP contribution in [0.3, 0.4) is 0 Å². The first kappa shape index (κ1) is 19.2. The molecule has 152 valence electrons. The molecule has 7 heteroatoms. The second kappa shape index (κ2) is 8.51. The molecule has 2 N–H and O–H groups in total. The molecule has 0 radical (unpaired) electrons. The molecule has 1 aliphatic rings. The summed E-state index contributed by atoms with van der Waals surface area (Å²) >= 11 is 0. The molecule has 2 aromatic heterocycles. The molecule has 0 fully saturated rings. The highest BCUT2D eigenvalue weighted by Crippen LogP contribution is 2.21. The van der Waals surface area contributed by atoms with E-state index in [0.717, 1.165) is 30.9 Å². The van der Waals surface area contributed by atoms with Gasteiger partial charge in [-0.1, -0.05) is 18.2 Å². The lowest BCUT2D eigenvalue weighted by Gasteiger charge is -2.24. The minimum atomic E-state index is 0.338. The van der Waals surface area contributed by atoms with Crippen LogP contribution in [-0.4, -0.2) is 38.6 Å². The number of aliphatic imine (C=N–C) groups is 1. The fraction of sp³-hybridized carbons (Fsp3) is 0.409. The van der Waals surface area contributed by atoms with E-state index in [1.54, 1.807) is 6.20 Å². The van der Waals surface area contributed by atoms with Crippen molar-refractivity contribution in [3.05, 3.63) is 65.7 Å². The van der Waals surface area contributed by atoms with E-state index in [0.29, 0.717) is 18.6 Å². The van der Waals surface area contributed by atoms with Crippen molar-refractivity contribution >= 4 is 5.96 Å². The van der Waals surface area contributed by atoms with Gasteiger partial charge in [-0.15, -0.1) is 0 Å². The van der Waals surface area contributed by atoms with Crippen molar-refractivity contribution < 1.29 is 0 Å². The van der Waals surface area contributed by atoms with E-state index >= 15 is 0 Å². The van der Waals surface area contributed by atoms with Gasteiger partial charge in [0.05, 0.1) is 11.4 Å². The largest absolute Gasteiger partial charge is 0.353 e. The highest BCUT2D eigenvalue weighted by atomic mass is 15.3. The van der Waals surface area contributed by atoms with Crippen molar-refractivity contribution in [1.29, 1.82) is 0 Å². The van der Waals surface area contributed by atoms with E-state index in [2.05, 4.69) is 57.6 Å². The molecule has 0 spiro atoms. The van der Waals surface area contributed by atoms with E-state index in [1.807, 2.05) is 36.1 Å². The van der Waals surface area contributed by atoms with Crippen LogP contribution < -0.4 is 10.6 Å². The van der Waals surface area contributed by atoms with Crippen molar-refractivity contribution in [2.75, 3.05) is 7.05 Å². The number of benzene rings is 1. The van der Waals surface area contributed by atoms with Gasteiger partial charge in [0.25, 0.3) is 0 Å². The van der Waals surface area contributed by atoms with Gasteiger partial charge < -0.3 is 10.6 Å². The minimum Gasteiger partial charge on any atom is -0.353 e. The topological polar surface area (TPSA) is 72.1 Å². The molecule has 0 bridgehead atoms. The molecule has 3 aromatic rings. The second-order valence-electron chi connectivity index (χ2n) is 7.76. The predicted octanol–water partition coefficient (Wildman–Crippen LogP) is 2.87. The quantitative estimate of drug-likeness (QED) is 0.518. The number of hydrogen-bond donors (Lipinski definition) is 2. The van der Waals surface area contributed by atoms with Gasteiger partial charge in [0.2, 0.25) is 0 Å². The SMILES string of the molecule is CN=C(NCc1ccccc1-n1cccn1)NC1CCc2cn(C(C)C)nc2C1. The average molecular weight is 392 g/mol. The summed E-state index contributed by atoms with van der Waals surface area (Å²) in [6.45, 7) is 5.01. The van der Waals surface area contributed by atoms with Crippen molar-refractivity contribution in [1.82, 2.24) is 30.2 Å². The molecule has 0 saturated carbocycles. The van der Waals surface area contributed by atoms with E-state index in [4.69, 9.17) is 5.10 Å². The van der Waals surface area contributed by atoms with Crippen molar-refractivity contribution in [2.45, 2.75) is 51.7 Å². The molecule has 1 aromatic carbocycles. The molecule has 1 atom stereocenters. The third kappa shape index (κ3) is 4.34. The van der Waals surface area contributed by atoms with Crippen LogP contribution in [0.25, 0.3) is 5.69 Å². The first-order chi connectivity index (χ1) is 14.1. The Balaban J connectivity index is 1.39. The zero-order valence-electron chi connectivity index (χ0n) is 17.3. The Morgan fingerprint density at radius 3 is 2.90 bits per heavy atom. The van der Waals surface area contributed by atoms with E-state index in [1.165, 1.54) is 16.8 Å². The number of rotatable bonds is 5. The minimum absolute atomic E-state index is 0.338. The standard InChI is InChI=1S/C22H29N7/c1-16(2)29-15-18-9-10-19(13-20(18)27-29)26-22(23-3)24-14-17-7-4-5-8-21(17)28-12-6-11-25-28/h4-8,11-12,15-16,19H,9-10,13-14H2,1-3H3,(H2,23,24,26). The Morgan fingerprint density at radius 2 is 2.14 bits per heavy atom. The first-order valence-electron chi connectivity index (χ1n) is 10.3. The third-order valence-corrected chi connectivity index (χ3v) is 5.38. The Hall–Kier alpha value is -3.09. The van der Waals surface area contributed by atoms with Gasteiger partial charge in [-0.25, -0.2) is 4.68 Å². The lowest BCUT2D eigenvalue weighted by atomic mass is 9.94. The predicted molar refractivity (Wildman–Crippen MR) is 115 cm³/mol. The molecule has 29 heavy (non-hydrogen) atoms. The number of nitrogens with zero attached hydrogens (tertiary/aromatic N) is 5. The van der Waals surface area contributed by atoms with Crippen LogP contribution in [0.15, 0.2) is 53.9 Å². The highest BCUT2D eigenvalue weighted by Gasteiger charge is 2.23. The average Bonchev–Trinajstić information content (AvgIpc) is 3.41. The molecule has 4 rings (SSSR count). The van der Waals surface area contributed by atoms with Gasteiger partial charge in [-0.05, 0) is 49.9 Å². The molecule has 2 heterocycles. The maximum Gasteiger partial charge on any atom is 0.191 e. The van der Waals surface area contributed by atoms with Gasteiger partial charge in [0.1, 0.15) is 0 Å². The molecule has 7 nitrogen and oxygen atoms in total. The summed E-state index contributed by atoms with van der Waals surface area (Å²) in [6.07, 6.45) is 9.03. The molecular weight excluding hydrogens is 362 g/mol. The summed E-state index contributed by atoms with van der Waals surface area (Å²) in [4.78, 5) is 4.43. The monoisotopic (exact) mass is 391 g/mol. The molecule has 1 aliphatic carbocycles. The van der Waals surface area contributed by atoms with E-state index in [9.17, 15) is 0 Å². The first-order valence-corrected chi connectivity index (χ1v) is 10.3. The smallest absolute Gasteiger partial charge is 0.191 e. The van der Waals surface area contributed by atoms with Gasteiger partial charge >= 0.3 is 0 Å². The van der Waals surface area contributed by atoms with Crippen LogP contribution >= 0.6 is 0 Å². The number of aromatic nitrogens is 4. The van der Waals surface area contributed by atoms with Crippen molar-refractivity contribution in [3.8, 4) is 5.69 Å². The van der Waals surface area contributed by atoms with Crippen LogP contribution in [0.4, 0.5) is 0 Å². The highest BCUT2D eigenvalue weighted by molar-refractivity contribution is 5.80. The molecular formula is C22H29N7. The van der Waals surface area contributed by atoms with Crippen LogP contribution in [0.1, 0.15) is 43.1 Å². The summed E-state index contributed by atoms with van der Waals surface area (Å²) in [6, 6.07) is 10.9. The lowest BCUT2D eigenvalue weighted by molar-refractivity contribution is 0.499. The fourth-order valence-corrected chi connectivity index (χ4v) is 3.76. The van der Waals surface area contributed by atoms with Crippen molar-refractivity contribution in [2.24, 2.45) is 4.99 Å². The lowest BCUT2D eigenvalue weighted by Crippen LogP contribution is -2.45. The summed E-state index contributed by atoms with van der Waals surface area (Å²) in [5.41, 5.74) is 4.83. The number of guanidine groups is 1. The Morgan fingerprint density at radius 1 is 1.28 bits per heavy atom. The van der Waals surface area contributed by atoms with Gasteiger partial charge in [0, 0.05) is 50.7 Å². The van der Waals surface area contributed by atoms with Gasteiger partial charge in [-0.3, -0.25) is 9.67 Å². The van der Waals surface area contributed by atoms with Crippen LogP contribution in [-0.2, 0) is 19.4 Å². The molecule has 1 unspecified atom stereocenters. The van der Waals surface area contributed by atoms with Crippen LogP contribution in [0, 0.1) is 0 Å². The number of para-hydroxylation sites is 1. The van der Waals surface area contributed by atoms with Crippen LogP contribution in [0.2, 0.25) is 0 Å². The summed E-state index contributed by atoms with van der Waals surface area (Å²) in [5.74, 6) is 0.817. The number of nitrogens with one attached hydrogen (secondary N) is 2. The zero-order chi connectivity index (χ0) is 20.2. The maximum absolute atomic E-state index is 4.77. The fourth-order valence-electron chi connectivity index (χ4n) is 3.76. The van der Waals surface area contributed by atoms with Crippen molar-refractivity contribution in [3.63, 3.8) is 0 Å². The number of fused-ring (bicyclic) bond motifs is 1. The zero-order valence-corrected chi connectivity index (χ0v) is 17.3. The summed E-state index contributed by atoms with van der Waals surface area (Å²) < 4.78 is 3.97. The third-order valence-electron chi connectivity index (χ3n) is 5.38. The summed E-state index contributed by atoms with van der Waals surface area (Å²) in [5, 5.41) is 16.2. The van der Waals surface area contributed by atoms with Gasteiger partial charge in [-0.2, -0.15) is 10.2 Å². The number of aryl methyl sites for hydroxylation is 1. The van der Waals surface area contributed by atoms with Gasteiger partial charge in [0.15, 0.2) is 5.96 Å². The molecule has 0 aliphatic heterocycles. The van der Waals surface area contributed by atoms with Crippen LogP contribution in [0.5, 0.6) is 0 Å². The number of hydrogen-bond acceptors (Lipinski definition) is 3. The van der Waals surface area contributed by atoms with E-state index in [-0.39, 0.29) is 0 Å². The Kier molecular flexibility index (Phi) is 5.64. The second-order valence-corrected chi connectivity index (χ2v) is 7.76. The molecule has 0 saturated heterocycles. The Labute approximate surface area is 171 Å². The summed E-state index contributed by atoms with van der Waals surface area (Å²) in [7, 11) is 1.82. The normalized spacial score (nSPS) is 16.7. The molecule has 0 amide bonds. The van der Waals surface area contributed by atoms with E-state index < -0.39 is 0 Å².